The number of nitrogens with zero attached hydrogens (tertiary/aromatic N) is 3. The van der Waals surface area contributed by atoms with Crippen molar-refractivity contribution in [2.75, 3.05) is 19.1 Å². The number of anilines is 1. The zero-order valence-electron chi connectivity index (χ0n) is 18.1. The molecule has 1 aliphatic carbocycles. The molecule has 2 aliphatic rings. The van der Waals surface area contributed by atoms with Gasteiger partial charge >= 0.3 is 0 Å². The van der Waals surface area contributed by atoms with E-state index in [1.54, 1.807) is 7.11 Å². The minimum absolute atomic E-state index is 0.0860. The van der Waals surface area contributed by atoms with E-state index in [0.717, 1.165) is 35.6 Å². The Hall–Kier alpha value is -3.21. The molecule has 156 valence electrons. The molecular weight excluding hydrogens is 372 g/mol. The second-order valence-corrected chi connectivity index (χ2v) is 7.72. The van der Waals surface area contributed by atoms with E-state index in [2.05, 4.69) is 66.3 Å². The van der Waals surface area contributed by atoms with E-state index in [-0.39, 0.29) is 6.17 Å². The molecule has 0 spiro atoms. The number of rotatable bonds is 7. The molecule has 0 amide bonds. The lowest BCUT2D eigenvalue weighted by Gasteiger charge is -2.36. The van der Waals surface area contributed by atoms with Gasteiger partial charge in [0.1, 0.15) is 17.7 Å². The van der Waals surface area contributed by atoms with Crippen LogP contribution in [0.15, 0.2) is 66.9 Å². The highest BCUT2D eigenvalue weighted by Gasteiger charge is 2.31. The highest BCUT2D eigenvalue weighted by atomic mass is 16.5. The molecule has 0 radical (unpaired) electrons. The van der Waals surface area contributed by atoms with Crippen molar-refractivity contribution in [2.24, 2.45) is 0 Å². The number of aromatic nitrogens is 2. The van der Waals surface area contributed by atoms with Gasteiger partial charge in [0.15, 0.2) is 0 Å². The fourth-order valence-electron chi connectivity index (χ4n) is 4.11. The topological polar surface area (TPSA) is 42.3 Å². The lowest BCUT2D eigenvalue weighted by atomic mass is 9.91. The Morgan fingerprint density at radius 1 is 1.30 bits per heavy atom. The molecule has 5 nitrogen and oxygen atoms in total. The molecule has 1 N–H and O–H groups in total. The highest BCUT2D eigenvalue weighted by Crippen LogP contribution is 2.42. The van der Waals surface area contributed by atoms with E-state index in [1.165, 1.54) is 24.0 Å². The van der Waals surface area contributed by atoms with Crippen LogP contribution in [0.3, 0.4) is 0 Å². The van der Waals surface area contributed by atoms with E-state index >= 15 is 0 Å². The first-order valence-corrected chi connectivity index (χ1v) is 10.6. The van der Waals surface area contributed by atoms with Gasteiger partial charge in [-0.1, -0.05) is 42.5 Å². The van der Waals surface area contributed by atoms with E-state index in [9.17, 15) is 0 Å². The summed E-state index contributed by atoms with van der Waals surface area (Å²) in [7, 11) is 3.74. The summed E-state index contributed by atoms with van der Waals surface area (Å²) in [5.41, 5.74) is 5.74. The van der Waals surface area contributed by atoms with Crippen LogP contribution >= 0.6 is 0 Å². The predicted octanol–water partition coefficient (Wildman–Crippen LogP) is 5.41. The SMILES string of the molecule is C=C(OC)n1nc(-c2ccccc2)c(C2=CCCCC2)c1N(C)C1C=C(/C=C\C)N1. The van der Waals surface area contributed by atoms with Crippen LogP contribution in [0.2, 0.25) is 0 Å². The Morgan fingerprint density at radius 3 is 2.70 bits per heavy atom. The normalized spacial score (nSPS) is 18.3. The molecule has 1 unspecified atom stereocenters. The van der Waals surface area contributed by atoms with Crippen molar-refractivity contribution in [2.45, 2.75) is 38.8 Å². The van der Waals surface area contributed by atoms with Crippen LogP contribution in [0.4, 0.5) is 5.82 Å². The monoisotopic (exact) mass is 402 g/mol. The van der Waals surface area contributed by atoms with Gasteiger partial charge in [0.2, 0.25) is 5.88 Å². The van der Waals surface area contributed by atoms with Crippen molar-refractivity contribution >= 4 is 17.3 Å². The van der Waals surface area contributed by atoms with Gasteiger partial charge in [-0.15, -0.1) is 0 Å². The lowest BCUT2D eigenvalue weighted by Crippen LogP contribution is -2.49. The van der Waals surface area contributed by atoms with E-state index in [4.69, 9.17) is 9.84 Å². The summed E-state index contributed by atoms with van der Waals surface area (Å²) in [5, 5.41) is 8.50. The Labute approximate surface area is 179 Å². The number of methoxy groups -OCH3 is 1. The zero-order chi connectivity index (χ0) is 21.1. The molecular formula is C25H30N4O. The second-order valence-electron chi connectivity index (χ2n) is 7.72. The summed E-state index contributed by atoms with van der Waals surface area (Å²) in [5.74, 6) is 1.51. The number of benzene rings is 1. The van der Waals surface area contributed by atoms with Gasteiger partial charge < -0.3 is 15.0 Å². The third-order valence-electron chi connectivity index (χ3n) is 5.74. The Morgan fingerprint density at radius 2 is 2.07 bits per heavy atom. The van der Waals surface area contributed by atoms with Gasteiger partial charge in [0.05, 0.1) is 7.11 Å². The molecule has 1 aromatic carbocycles. The highest BCUT2D eigenvalue weighted by molar-refractivity contribution is 5.87. The second kappa shape index (κ2) is 8.66. The number of allylic oxidation sites excluding steroid dienone is 4. The standard InChI is InChI=1S/C25H30N4O/c1-5-12-21-17-22(26-21)28(3)25-23(19-13-8-6-9-14-19)24(20-15-10-7-11-16-20)27-29(25)18(2)30-4/h5,7,10-13,15-17,22,26H,2,6,8-9,14H2,1,3-4H3/b12-5-. The molecule has 1 atom stereocenters. The molecule has 2 heterocycles. The minimum atomic E-state index is 0.0860. The maximum Gasteiger partial charge on any atom is 0.208 e. The average molecular weight is 403 g/mol. The van der Waals surface area contributed by atoms with Gasteiger partial charge in [-0.25, -0.2) is 0 Å². The Kier molecular flexibility index (Phi) is 5.79. The number of likely N-dealkylation sites (N-methyl/N-ethyl adjacent to an activating group) is 1. The third-order valence-corrected chi connectivity index (χ3v) is 5.74. The molecule has 0 fully saturated rings. The third kappa shape index (κ3) is 3.67. The summed E-state index contributed by atoms with van der Waals surface area (Å²) < 4.78 is 7.37. The van der Waals surface area contributed by atoms with Crippen molar-refractivity contribution in [3.05, 3.63) is 72.5 Å². The van der Waals surface area contributed by atoms with Crippen molar-refractivity contribution in [3.63, 3.8) is 0 Å². The molecule has 1 aromatic heterocycles. The zero-order valence-corrected chi connectivity index (χ0v) is 18.1. The first kappa shape index (κ1) is 20.1. The summed E-state index contributed by atoms with van der Waals surface area (Å²) in [6.07, 6.45) is 13.4. The van der Waals surface area contributed by atoms with Crippen LogP contribution in [0, 0.1) is 0 Å². The summed E-state index contributed by atoms with van der Waals surface area (Å²) in [6.45, 7) is 6.14. The summed E-state index contributed by atoms with van der Waals surface area (Å²) >= 11 is 0. The van der Waals surface area contributed by atoms with Crippen molar-refractivity contribution in [1.82, 2.24) is 15.1 Å². The maximum atomic E-state index is 5.52. The van der Waals surface area contributed by atoms with Gasteiger partial charge in [-0.05, 0) is 56.9 Å². The molecule has 5 heteroatoms. The fourth-order valence-corrected chi connectivity index (χ4v) is 4.11. The van der Waals surface area contributed by atoms with Crippen LogP contribution < -0.4 is 10.2 Å². The fraction of sp³-hybridized carbons (Fsp3) is 0.320. The first-order chi connectivity index (χ1) is 14.6. The van der Waals surface area contributed by atoms with Crippen molar-refractivity contribution in [1.29, 1.82) is 0 Å². The quantitative estimate of drug-likeness (QED) is 0.629. The lowest BCUT2D eigenvalue weighted by molar-refractivity contribution is 0.338. The van der Waals surface area contributed by atoms with Crippen LogP contribution in [0.25, 0.3) is 22.7 Å². The van der Waals surface area contributed by atoms with Gasteiger partial charge in [0, 0.05) is 23.9 Å². The number of hydrogen-bond acceptors (Lipinski definition) is 4. The summed E-state index contributed by atoms with van der Waals surface area (Å²) in [4.78, 5) is 2.22. The Balaban J connectivity index is 1.89. The molecule has 0 saturated heterocycles. The van der Waals surface area contributed by atoms with Crippen molar-refractivity contribution < 1.29 is 4.74 Å². The molecule has 0 saturated carbocycles. The molecule has 2 aromatic rings. The molecule has 4 rings (SSSR count). The van der Waals surface area contributed by atoms with E-state index in [0.29, 0.717) is 5.88 Å². The minimum Gasteiger partial charge on any atom is -0.481 e. The maximum absolute atomic E-state index is 5.52. The van der Waals surface area contributed by atoms with Gasteiger partial charge in [0.25, 0.3) is 0 Å². The van der Waals surface area contributed by atoms with E-state index in [1.807, 2.05) is 23.7 Å². The van der Waals surface area contributed by atoms with Crippen molar-refractivity contribution in [3.8, 4) is 11.3 Å². The molecule has 30 heavy (non-hydrogen) atoms. The van der Waals surface area contributed by atoms with Crippen LogP contribution in [0.1, 0.15) is 38.2 Å². The number of hydrogen-bond donors (Lipinski definition) is 1. The van der Waals surface area contributed by atoms with Crippen LogP contribution in [-0.4, -0.2) is 30.1 Å². The molecule has 1 aliphatic heterocycles. The average Bonchev–Trinajstić information content (AvgIpc) is 3.17. The predicted molar refractivity (Wildman–Crippen MR) is 125 cm³/mol. The number of nitrogens with one attached hydrogen (secondary N) is 1. The first-order valence-electron chi connectivity index (χ1n) is 10.6. The van der Waals surface area contributed by atoms with E-state index < -0.39 is 0 Å². The molecule has 0 bridgehead atoms. The van der Waals surface area contributed by atoms with Crippen LogP contribution in [-0.2, 0) is 4.74 Å². The Bertz CT molecular complexity index is 1010. The van der Waals surface area contributed by atoms with Gasteiger partial charge in [-0.3, -0.25) is 0 Å². The number of ether oxygens (including phenoxy) is 1. The largest absolute Gasteiger partial charge is 0.481 e. The van der Waals surface area contributed by atoms with Crippen LogP contribution in [0.5, 0.6) is 0 Å². The summed E-state index contributed by atoms with van der Waals surface area (Å²) in [6, 6.07) is 10.4. The smallest absolute Gasteiger partial charge is 0.208 e. The van der Waals surface area contributed by atoms with Gasteiger partial charge in [-0.2, -0.15) is 9.78 Å².